The van der Waals surface area contributed by atoms with E-state index >= 15 is 0 Å². The molecule has 5 rings (SSSR count). The average molecular weight is 546 g/mol. The van der Waals surface area contributed by atoms with Gasteiger partial charge in [-0.3, -0.25) is 4.79 Å². The molecule has 1 amide bonds. The van der Waals surface area contributed by atoms with Crippen LogP contribution in [0, 0.1) is 18.3 Å². The van der Waals surface area contributed by atoms with Gasteiger partial charge in [0, 0.05) is 15.8 Å². The fourth-order valence-corrected chi connectivity index (χ4v) is 7.15. The summed E-state index contributed by atoms with van der Waals surface area (Å²) in [5, 5.41) is 13.8. The first kappa shape index (κ1) is 25.7. The zero-order valence-electron chi connectivity index (χ0n) is 21.1. The molecule has 4 aromatic rings. The van der Waals surface area contributed by atoms with Crippen molar-refractivity contribution in [3.63, 3.8) is 0 Å². The van der Waals surface area contributed by atoms with Crippen molar-refractivity contribution in [3.05, 3.63) is 56.3 Å². The number of fused-ring (bicyclic) bond motifs is 2. The fraction of sp³-hybridized carbons (Fsp3) is 0.286. The number of nitrogens with zero attached hydrogens (tertiary/aromatic N) is 2. The van der Waals surface area contributed by atoms with Crippen LogP contribution in [0.15, 0.2) is 24.3 Å². The molecule has 0 spiro atoms. The van der Waals surface area contributed by atoms with Gasteiger partial charge in [-0.15, -0.1) is 22.7 Å². The Bertz CT molecular complexity index is 1610. The number of ether oxygens (including phenoxy) is 1. The summed E-state index contributed by atoms with van der Waals surface area (Å²) in [6, 6.07) is 9.81. The molecule has 10 heteroatoms. The highest BCUT2D eigenvalue weighted by atomic mass is 32.1. The topological polar surface area (TPSA) is 144 Å². The maximum atomic E-state index is 13.6. The van der Waals surface area contributed by atoms with Gasteiger partial charge in [0.25, 0.3) is 5.91 Å². The van der Waals surface area contributed by atoms with Gasteiger partial charge in [0.05, 0.1) is 17.9 Å². The van der Waals surface area contributed by atoms with E-state index in [0.29, 0.717) is 26.3 Å². The number of nitrogen functional groups attached to an aromatic ring is 2. The third-order valence-corrected chi connectivity index (χ3v) is 9.00. The second kappa shape index (κ2) is 10.4. The van der Waals surface area contributed by atoms with Crippen molar-refractivity contribution >= 4 is 61.3 Å². The van der Waals surface area contributed by atoms with Crippen molar-refractivity contribution in [3.8, 4) is 17.2 Å². The second-order valence-corrected chi connectivity index (χ2v) is 11.3. The number of thiophene rings is 2. The Balaban J connectivity index is 1.61. The lowest BCUT2D eigenvalue weighted by Gasteiger charge is -2.10. The van der Waals surface area contributed by atoms with Crippen molar-refractivity contribution < 1.29 is 14.3 Å². The van der Waals surface area contributed by atoms with Crippen molar-refractivity contribution in [2.24, 2.45) is 0 Å². The lowest BCUT2D eigenvalue weighted by Crippen LogP contribution is -2.15. The standard InChI is InChI=1S/C28H27N5O3S2/c1-3-36-28(35)20-16-7-5-4-6-8-18(16)37-26(20)33-25(34)23-22(30)21-19(15-11-9-14(2)10-12-15)17(13-29)24(31)32-27(21)38-23/h9-12H,3-8,30H2,1-2H3,(H2,31,32)(H,33,34). The number of hydrogen-bond acceptors (Lipinski definition) is 9. The number of aromatic nitrogens is 1. The summed E-state index contributed by atoms with van der Waals surface area (Å²) < 4.78 is 5.34. The van der Waals surface area contributed by atoms with E-state index in [2.05, 4.69) is 16.4 Å². The summed E-state index contributed by atoms with van der Waals surface area (Å²) in [5.74, 6) is -0.795. The van der Waals surface area contributed by atoms with Crippen LogP contribution in [0.25, 0.3) is 21.3 Å². The van der Waals surface area contributed by atoms with Crippen LogP contribution in [0.4, 0.5) is 16.5 Å². The van der Waals surface area contributed by atoms with E-state index in [1.165, 1.54) is 11.3 Å². The van der Waals surface area contributed by atoms with E-state index in [9.17, 15) is 14.9 Å². The Hall–Kier alpha value is -3.94. The minimum absolute atomic E-state index is 0.0791. The molecule has 0 fully saturated rings. The van der Waals surface area contributed by atoms with Crippen LogP contribution in [-0.2, 0) is 17.6 Å². The number of amides is 1. The van der Waals surface area contributed by atoms with Gasteiger partial charge in [0.1, 0.15) is 32.2 Å². The van der Waals surface area contributed by atoms with Gasteiger partial charge in [-0.2, -0.15) is 5.26 Å². The maximum absolute atomic E-state index is 13.6. The summed E-state index contributed by atoms with van der Waals surface area (Å²) in [7, 11) is 0. The molecule has 38 heavy (non-hydrogen) atoms. The molecule has 0 bridgehead atoms. The minimum atomic E-state index is -0.445. The molecule has 3 heterocycles. The van der Waals surface area contributed by atoms with E-state index in [1.54, 1.807) is 6.92 Å². The number of esters is 1. The first-order chi connectivity index (χ1) is 18.3. The number of nitriles is 1. The van der Waals surface area contributed by atoms with Crippen LogP contribution < -0.4 is 16.8 Å². The van der Waals surface area contributed by atoms with E-state index in [-0.39, 0.29) is 28.6 Å². The Kier molecular flexibility index (Phi) is 7.06. The van der Waals surface area contributed by atoms with Crippen molar-refractivity contribution in [2.75, 3.05) is 23.4 Å². The molecule has 8 nitrogen and oxygen atoms in total. The lowest BCUT2D eigenvalue weighted by atomic mass is 9.96. The Labute approximate surface area is 228 Å². The van der Waals surface area contributed by atoms with Gasteiger partial charge in [0.2, 0.25) is 0 Å². The molecule has 5 N–H and O–H groups in total. The fourth-order valence-electron chi connectivity index (χ4n) is 4.87. The number of rotatable bonds is 5. The van der Waals surface area contributed by atoms with Gasteiger partial charge in [-0.25, -0.2) is 9.78 Å². The number of anilines is 3. The summed E-state index contributed by atoms with van der Waals surface area (Å²) >= 11 is 2.54. The summed E-state index contributed by atoms with van der Waals surface area (Å²) in [5.41, 5.74) is 17.0. The molecule has 1 aliphatic rings. The number of nitrogens with one attached hydrogen (secondary N) is 1. The van der Waals surface area contributed by atoms with E-state index in [1.807, 2.05) is 31.2 Å². The zero-order valence-corrected chi connectivity index (χ0v) is 22.8. The van der Waals surface area contributed by atoms with Gasteiger partial charge in [-0.1, -0.05) is 36.2 Å². The first-order valence-corrected chi connectivity index (χ1v) is 14.1. The number of aryl methyl sites for hydroxylation is 2. The van der Waals surface area contributed by atoms with Crippen LogP contribution in [0.1, 0.15) is 67.8 Å². The smallest absolute Gasteiger partial charge is 0.341 e. The second-order valence-electron chi connectivity index (χ2n) is 9.19. The van der Waals surface area contributed by atoms with Crippen LogP contribution in [0.5, 0.6) is 0 Å². The molecule has 0 saturated carbocycles. The zero-order chi connectivity index (χ0) is 27.0. The number of hydrogen-bond donors (Lipinski definition) is 3. The molecular formula is C28H27N5O3S2. The molecule has 0 radical (unpaired) electrons. The highest BCUT2D eigenvalue weighted by Gasteiger charge is 2.29. The highest BCUT2D eigenvalue weighted by molar-refractivity contribution is 7.21. The number of benzene rings is 1. The van der Waals surface area contributed by atoms with Gasteiger partial charge in [0.15, 0.2) is 0 Å². The number of carbonyl (C=O) groups is 2. The average Bonchev–Trinajstić information content (AvgIpc) is 3.30. The minimum Gasteiger partial charge on any atom is -0.462 e. The number of nitrogens with two attached hydrogens (primary N) is 2. The van der Waals surface area contributed by atoms with Crippen LogP contribution >= 0.6 is 22.7 Å². The first-order valence-electron chi connectivity index (χ1n) is 12.5. The summed E-state index contributed by atoms with van der Waals surface area (Å²) in [6.07, 6.45) is 4.79. The van der Waals surface area contributed by atoms with E-state index < -0.39 is 11.9 Å². The lowest BCUT2D eigenvalue weighted by molar-refractivity contribution is 0.0527. The molecule has 194 valence electrons. The third-order valence-electron chi connectivity index (χ3n) is 6.69. The molecule has 3 aromatic heterocycles. The Morgan fingerprint density at radius 3 is 2.58 bits per heavy atom. The molecule has 1 aliphatic carbocycles. The maximum Gasteiger partial charge on any atom is 0.341 e. The SMILES string of the molecule is CCOC(=O)c1c(NC(=O)c2sc3nc(N)c(C#N)c(-c4ccc(C)cc4)c3c2N)sc2c1CCCCC2. The third kappa shape index (κ3) is 4.48. The monoisotopic (exact) mass is 545 g/mol. The normalized spacial score (nSPS) is 13.0. The molecule has 0 saturated heterocycles. The molecule has 0 unspecified atom stereocenters. The van der Waals surface area contributed by atoms with Crippen molar-refractivity contribution in [1.29, 1.82) is 5.26 Å². The van der Waals surface area contributed by atoms with Crippen LogP contribution in [-0.4, -0.2) is 23.5 Å². The van der Waals surface area contributed by atoms with Crippen molar-refractivity contribution in [1.82, 2.24) is 4.98 Å². The van der Waals surface area contributed by atoms with Gasteiger partial charge in [-0.05, 0) is 50.7 Å². The number of pyridine rings is 1. The predicted octanol–water partition coefficient (Wildman–Crippen LogP) is 6.07. The van der Waals surface area contributed by atoms with Crippen molar-refractivity contribution in [2.45, 2.75) is 46.0 Å². The number of carbonyl (C=O) groups excluding carboxylic acids is 2. The van der Waals surface area contributed by atoms with E-state index in [4.69, 9.17) is 16.2 Å². The molecule has 1 aromatic carbocycles. The Morgan fingerprint density at radius 2 is 1.87 bits per heavy atom. The highest BCUT2D eigenvalue weighted by Crippen LogP contribution is 2.44. The quantitative estimate of drug-likeness (QED) is 0.204. The van der Waals surface area contributed by atoms with Gasteiger partial charge < -0.3 is 21.5 Å². The summed E-state index contributed by atoms with van der Waals surface area (Å²) in [4.78, 5) is 32.7. The summed E-state index contributed by atoms with van der Waals surface area (Å²) in [6.45, 7) is 3.98. The van der Waals surface area contributed by atoms with Crippen LogP contribution in [0.3, 0.4) is 0 Å². The molecular weight excluding hydrogens is 518 g/mol. The molecule has 0 atom stereocenters. The van der Waals surface area contributed by atoms with E-state index in [0.717, 1.165) is 65.0 Å². The van der Waals surface area contributed by atoms with Crippen LogP contribution in [0.2, 0.25) is 0 Å². The Morgan fingerprint density at radius 1 is 1.13 bits per heavy atom. The van der Waals surface area contributed by atoms with Gasteiger partial charge >= 0.3 is 5.97 Å². The largest absolute Gasteiger partial charge is 0.462 e. The molecule has 0 aliphatic heterocycles. The predicted molar refractivity (Wildman–Crippen MR) is 153 cm³/mol.